The highest BCUT2D eigenvalue weighted by Crippen LogP contribution is 2.18. The quantitative estimate of drug-likeness (QED) is 0.685. The van der Waals surface area contributed by atoms with Crippen LogP contribution in [0.4, 0.5) is 5.69 Å². The van der Waals surface area contributed by atoms with Crippen LogP contribution in [0, 0.1) is 0 Å². The number of aryl methyl sites for hydroxylation is 1. The monoisotopic (exact) mass is 284 g/mol. The second-order valence-electron chi connectivity index (χ2n) is 4.64. The maximum Gasteiger partial charge on any atom is 0.232 e. The molecule has 0 saturated carbocycles. The van der Waals surface area contributed by atoms with Gasteiger partial charge in [0.2, 0.25) is 10.0 Å². The summed E-state index contributed by atoms with van der Waals surface area (Å²) in [5.74, 6) is 0.176. The minimum Gasteiger partial charge on any atom is -0.320 e. The Balaban J connectivity index is 2.62. The van der Waals surface area contributed by atoms with Crippen LogP contribution in [0.5, 0.6) is 0 Å². The molecule has 1 aromatic rings. The summed E-state index contributed by atoms with van der Waals surface area (Å²) < 4.78 is 26.7. The number of anilines is 1. The van der Waals surface area contributed by atoms with Crippen LogP contribution in [0.2, 0.25) is 0 Å². The molecule has 5 heteroatoms. The van der Waals surface area contributed by atoms with Crippen molar-refractivity contribution in [2.75, 3.05) is 24.1 Å². The number of sulfonamides is 1. The summed E-state index contributed by atoms with van der Waals surface area (Å²) in [4.78, 5) is 0. The molecular weight excluding hydrogens is 260 g/mol. The van der Waals surface area contributed by atoms with Crippen molar-refractivity contribution >= 4 is 15.7 Å². The summed E-state index contributed by atoms with van der Waals surface area (Å²) in [5, 5.41) is 3.01. The van der Waals surface area contributed by atoms with Crippen molar-refractivity contribution in [1.82, 2.24) is 5.32 Å². The van der Waals surface area contributed by atoms with E-state index in [0.29, 0.717) is 6.42 Å². The van der Waals surface area contributed by atoms with Crippen molar-refractivity contribution in [2.24, 2.45) is 0 Å². The zero-order chi connectivity index (χ0) is 14.1. The first-order valence-corrected chi connectivity index (χ1v) is 8.47. The lowest BCUT2D eigenvalue weighted by molar-refractivity contribution is 0.595. The second kappa shape index (κ2) is 8.17. The van der Waals surface area contributed by atoms with Crippen molar-refractivity contribution in [1.29, 1.82) is 0 Å². The molecule has 0 aliphatic rings. The third-order valence-electron chi connectivity index (χ3n) is 2.89. The molecule has 0 aliphatic heterocycles. The molecule has 0 spiro atoms. The number of unbranched alkanes of at least 4 members (excludes halogenated alkanes) is 1. The van der Waals surface area contributed by atoms with Crippen molar-refractivity contribution in [3.8, 4) is 0 Å². The Bertz CT molecular complexity index is 472. The fraction of sp³-hybridized carbons (Fsp3) is 0.571. The average Bonchev–Trinajstić information content (AvgIpc) is 2.37. The Kier molecular flexibility index (Phi) is 6.87. The van der Waals surface area contributed by atoms with E-state index in [2.05, 4.69) is 17.0 Å². The minimum absolute atomic E-state index is 0.176. The van der Waals surface area contributed by atoms with Crippen LogP contribution in [0.1, 0.15) is 31.7 Å². The van der Waals surface area contributed by atoms with Gasteiger partial charge in [-0.2, -0.15) is 0 Å². The van der Waals surface area contributed by atoms with Gasteiger partial charge in [-0.3, -0.25) is 4.72 Å². The normalized spacial score (nSPS) is 11.5. The van der Waals surface area contributed by atoms with Gasteiger partial charge in [-0.15, -0.1) is 0 Å². The van der Waals surface area contributed by atoms with E-state index in [4.69, 9.17) is 0 Å². The predicted octanol–water partition coefficient (Wildman–Crippen LogP) is 2.38. The molecule has 0 amide bonds. The Morgan fingerprint density at radius 3 is 2.58 bits per heavy atom. The SMILES string of the molecule is CCCc1ccccc1NS(=O)(=O)CCCCNC. The summed E-state index contributed by atoms with van der Waals surface area (Å²) in [7, 11) is -1.36. The van der Waals surface area contributed by atoms with E-state index >= 15 is 0 Å². The molecule has 0 fully saturated rings. The van der Waals surface area contributed by atoms with Crippen molar-refractivity contribution in [2.45, 2.75) is 32.6 Å². The van der Waals surface area contributed by atoms with Gasteiger partial charge in [0.15, 0.2) is 0 Å². The second-order valence-corrected chi connectivity index (χ2v) is 6.48. The molecule has 1 rings (SSSR count). The van der Waals surface area contributed by atoms with Crippen LogP contribution < -0.4 is 10.0 Å². The third kappa shape index (κ3) is 6.07. The molecule has 0 radical (unpaired) electrons. The fourth-order valence-corrected chi connectivity index (χ4v) is 3.14. The number of rotatable bonds is 9. The Morgan fingerprint density at radius 1 is 1.16 bits per heavy atom. The van der Waals surface area contributed by atoms with Crippen LogP contribution in [-0.4, -0.2) is 27.8 Å². The smallest absolute Gasteiger partial charge is 0.232 e. The largest absolute Gasteiger partial charge is 0.320 e. The summed E-state index contributed by atoms with van der Waals surface area (Å²) in [6, 6.07) is 7.60. The van der Waals surface area contributed by atoms with E-state index < -0.39 is 10.0 Å². The highest BCUT2D eigenvalue weighted by atomic mass is 32.2. The molecule has 0 heterocycles. The van der Waals surface area contributed by atoms with Gasteiger partial charge in [-0.1, -0.05) is 31.5 Å². The van der Waals surface area contributed by atoms with Crippen LogP contribution in [0.3, 0.4) is 0 Å². The zero-order valence-corrected chi connectivity index (χ0v) is 12.6. The number of hydrogen-bond acceptors (Lipinski definition) is 3. The van der Waals surface area contributed by atoms with Crippen LogP contribution in [0.15, 0.2) is 24.3 Å². The van der Waals surface area contributed by atoms with E-state index in [0.717, 1.165) is 37.1 Å². The van der Waals surface area contributed by atoms with Crippen molar-refractivity contribution in [3.05, 3.63) is 29.8 Å². The molecule has 0 aliphatic carbocycles. The maximum absolute atomic E-state index is 12.0. The van der Waals surface area contributed by atoms with Gasteiger partial charge in [0.1, 0.15) is 0 Å². The lowest BCUT2D eigenvalue weighted by Crippen LogP contribution is -2.19. The lowest BCUT2D eigenvalue weighted by Gasteiger charge is -2.12. The first kappa shape index (κ1) is 16.0. The molecule has 0 atom stereocenters. The van der Waals surface area contributed by atoms with Crippen molar-refractivity contribution in [3.63, 3.8) is 0 Å². The lowest BCUT2D eigenvalue weighted by atomic mass is 10.1. The van der Waals surface area contributed by atoms with Crippen LogP contribution in [0.25, 0.3) is 0 Å². The summed E-state index contributed by atoms with van der Waals surface area (Å²) >= 11 is 0. The zero-order valence-electron chi connectivity index (χ0n) is 11.8. The molecule has 19 heavy (non-hydrogen) atoms. The third-order valence-corrected chi connectivity index (χ3v) is 4.25. The number of nitrogens with one attached hydrogen (secondary N) is 2. The summed E-state index contributed by atoms with van der Waals surface area (Å²) in [5.41, 5.74) is 1.78. The average molecular weight is 284 g/mol. The van der Waals surface area contributed by atoms with Gasteiger partial charge in [0.05, 0.1) is 11.4 Å². The van der Waals surface area contributed by atoms with E-state index in [1.54, 1.807) is 0 Å². The van der Waals surface area contributed by atoms with Gasteiger partial charge in [0.25, 0.3) is 0 Å². The van der Waals surface area contributed by atoms with E-state index in [1.807, 2.05) is 31.3 Å². The first-order valence-electron chi connectivity index (χ1n) is 6.82. The van der Waals surface area contributed by atoms with E-state index in [9.17, 15) is 8.42 Å². The number of para-hydroxylation sites is 1. The van der Waals surface area contributed by atoms with Gasteiger partial charge < -0.3 is 5.32 Å². The molecule has 108 valence electrons. The van der Waals surface area contributed by atoms with Gasteiger partial charge in [0, 0.05) is 0 Å². The molecule has 1 aromatic carbocycles. The van der Waals surface area contributed by atoms with Crippen LogP contribution in [-0.2, 0) is 16.4 Å². The van der Waals surface area contributed by atoms with Crippen molar-refractivity contribution < 1.29 is 8.42 Å². The first-order chi connectivity index (χ1) is 9.09. The van der Waals surface area contributed by atoms with Gasteiger partial charge in [-0.05, 0) is 44.5 Å². The summed E-state index contributed by atoms with van der Waals surface area (Å²) in [6.07, 6.45) is 3.43. The molecule has 0 saturated heterocycles. The molecule has 4 nitrogen and oxygen atoms in total. The maximum atomic E-state index is 12.0. The van der Waals surface area contributed by atoms with E-state index in [-0.39, 0.29) is 5.75 Å². The van der Waals surface area contributed by atoms with Crippen LogP contribution >= 0.6 is 0 Å². The Hall–Kier alpha value is -1.07. The van der Waals surface area contributed by atoms with Gasteiger partial charge >= 0.3 is 0 Å². The minimum atomic E-state index is -3.23. The number of benzene rings is 1. The molecule has 0 bridgehead atoms. The highest BCUT2D eigenvalue weighted by Gasteiger charge is 2.11. The Morgan fingerprint density at radius 2 is 1.89 bits per heavy atom. The van der Waals surface area contributed by atoms with Gasteiger partial charge in [-0.25, -0.2) is 8.42 Å². The number of hydrogen-bond donors (Lipinski definition) is 2. The standard InChI is InChI=1S/C14H24N2O2S/c1-3-8-13-9-4-5-10-14(13)16-19(17,18)12-7-6-11-15-2/h4-5,9-10,15-16H,3,6-8,11-12H2,1-2H3. The fourth-order valence-electron chi connectivity index (χ4n) is 1.92. The molecule has 0 aromatic heterocycles. The van der Waals surface area contributed by atoms with E-state index in [1.165, 1.54) is 0 Å². The molecule has 2 N–H and O–H groups in total. The molecule has 0 unspecified atom stereocenters. The molecular formula is C14H24N2O2S. The highest BCUT2D eigenvalue weighted by molar-refractivity contribution is 7.92. The topological polar surface area (TPSA) is 58.2 Å². The Labute approximate surface area is 116 Å². The summed E-state index contributed by atoms with van der Waals surface area (Å²) in [6.45, 7) is 2.94. The predicted molar refractivity (Wildman–Crippen MR) is 81.0 cm³/mol.